The molecule has 2 atom stereocenters. The van der Waals surface area contributed by atoms with Gasteiger partial charge in [-0.3, -0.25) is 4.79 Å². The van der Waals surface area contributed by atoms with Crippen molar-refractivity contribution in [2.75, 3.05) is 51.8 Å². The summed E-state index contributed by atoms with van der Waals surface area (Å²) in [5.74, 6) is 0.687. The molecule has 2 rings (SSSR count). The van der Waals surface area contributed by atoms with Crippen LogP contribution in [0.2, 0.25) is 0 Å². The van der Waals surface area contributed by atoms with E-state index in [0.717, 1.165) is 43.9 Å². The van der Waals surface area contributed by atoms with Crippen molar-refractivity contribution in [3.63, 3.8) is 0 Å². The SMILES string of the molecule is CCCCC(C)N(C)CCN(C)CCCCN1C(=O)C(CCO)Oc2ccccc21. The van der Waals surface area contributed by atoms with Crippen LogP contribution in [-0.2, 0) is 4.79 Å². The van der Waals surface area contributed by atoms with Crippen molar-refractivity contribution in [2.24, 2.45) is 0 Å². The van der Waals surface area contributed by atoms with Gasteiger partial charge in [0.05, 0.1) is 5.69 Å². The van der Waals surface area contributed by atoms with Gasteiger partial charge in [0.25, 0.3) is 5.91 Å². The van der Waals surface area contributed by atoms with Crippen molar-refractivity contribution < 1.29 is 14.6 Å². The minimum absolute atomic E-state index is 0.0428. The monoisotopic (exact) mass is 419 g/mol. The number of anilines is 1. The molecule has 6 nitrogen and oxygen atoms in total. The Balaban J connectivity index is 1.75. The van der Waals surface area contributed by atoms with Crippen LogP contribution >= 0.6 is 0 Å². The molecule has 1 aromatic rings. The van der Waals surface area contributed by atoms with Crippen molar-refractivity contribution >= 4 is 11.6 Å². The molecule has 1 aromatic carbocycles. The van der Waals surface area contributed by atoms with Gasteiger partial charge in [0.15, 0.2) is 6.10 Å². The maximum Gasteiger partial charge on any atom is 0.268 e. The van der Waals surface area contributed by atoms with Crippen LogP contribution in [0.3, 0.4) is 0 Å². The summed E-state index contributed by atoms with van der Waals surface area (Å²) in [7, 11) is 4.40. The third-order valence-corrected chi connectivity index (χ3v) is 6.09. The van der Waals surface area contributed by atoms with Crippen LogP contribution in [0.4, 0.5) is 5.69 Å². The third kappa shape index (κ3) is 7.25. The van der Waals surface area contributed by atoms with E-state index in [9.17, 15) is 9.90 Å². The number of fused-ring (bicyclic) bond motifs is 1. The van der Waals surface area contributed by atoms with E-state index < -0.39 is 6.10 Å². The van der Waals surface area contributed by atoms with Crippen LogP contribution in [0.15, 0.2) is 24.3 Å². The summed E-state index contributed by atoms with van der Waals surface area (Å²) in [6, 6.07) is 8.31. The first-order chi connectivity index (χ1) is 14.5. The number of rotatable bonds is 14. The zero-order valence-electron chi connectivity index (χ0n) is 19.3. The Labute approximate surface area is 182 Å². The lowest BCUT2D eigenvalue weighted by molar-refractivity contribution is -0.127. The van der Waals surface area contributed by atoms with Gasteiger partial charge in [0.1, 0.15) is 5.75 Å². The Morgan fingerprint density at radius 3 is 2.63 bits per heavy atom. The molecular weight excluding hydrogens is 378 g/mol. The van der Waals surface area contributed by atoms with Crippen LogP contribution < -0.4 is 9.64 Å². The number of amides is 1. The molecule has 170 valence electrons. The lowest BCUT2D eigenvalue weighted by Gasteiger charge is -2.34. The maximum absolute atomic E-state index is 12.8. The molecule has 1 aliphatic rings. The first-order valence-corrected chi connectivity index (χ1v) is 11.5. The molecule has 1 N–H and O–H groups in total. The Morgan fingerprint density at radius 2 is 1.90 bits per heavy atom. The number of nitrogens with zero attached hydrogens (tertiary/aromatic N) is 3. The molecule has 0 saturated heterocycles. The molecule has 0 aromatic heterocycles. The first-order valence-electron chi connectivity index (χ1n) is 11.5. The lowest BCUT2D eigenvalue weighted by atomic mass is 10.1. The highest BCUT2D eigenvalue weighted by molar-refractivity contribution is 5.99. The van der Waals surface area contributed by atoms with E-state index in [0.29, 0.717) is 19.0 Å². The molecule has 0 saturated carbocycles. The standard InChI is InChI=1S/C24H41N3O3/c1-5-6-11-20(2)26(4)18-17-25(3)15-9-10-16-27-21-12-7-8-13-22(21)30-23(14-19-28)24(27)29/h7-8,12-13,20,23,28H,5-6,9-11,14-19H2,1-4H3. The van der Waals surface area contributed by atoms with E-state index in [1.165, 1.54) is 19.3 Å². The number of aliphatic hydroxyl groups is 1. The molecule has 0 spiro atoms. The van der Waals surface area contributed by atoms with Crippen LogP contribution in [0.5, 0.6) is 5.75 Å². The van der Waals surface area contributed by atoms with Crippen LogP contribution in [0.1, 0.15) is 52.4 Å². The van der Waals surface area contributed by atoms with Crippen molar-refractivity contribution in [1.29, 1.82) is 0 Å². The topological polar surface area (TPSA) is 56.2 Å². The van der Waals surface area contributed by atoms with Gasteiger partial charge in [-0.15, -0.1) is 0 Å². The fourth-order valence-corrected chi connectivity index (χ4v) is 3.84. The lowest BCUT2D eigenvalue weighted by Crippen LogP contribution is -2.46. The van der Waals surface area contributed by atoms with E-state index in [2.05, 4.69) is 37.7 Å². The number of hydrogen-bond donors (Lipinski definition) is 1. The van der Waals surface area contributed by atoms with E-state index in [1.54, 1.807) is 0 Å². The van der Waals surface area contributed by atoms with Gasteiger partial charge in [-0.05, 0) is 59.0 Å². The third-order valence-electron chi connectivity index (χ3n) is 6.09. The van der Waals surface area contributed by atoms with Crippen LogP contribution in [0.25, 0.3) is 0 Å². The molecule has 30 heavy (non-hydrogen) atoms. The molecule has 0 bridgehead atoms. The van der Waals surface area contributed by atoms with Crippen LogP contribution in [-0.4, -0.2) is 79.8 Å². The fourth-order valence-electron chi connectivity index (χ4n) is 3.84. The number of carbonyl (C=O) groups is 1. The summed E-state index contributed by atoms with van der Waals surface area (Å²) in [4.78, 5) is 19.5. The summed E-state index contributed by atoms with van der Waals surface area (Å²) >= 11 is 0. The molecule has 1 amide bonds. The van der Waals surface area contributed by atoms with Crippen molar-refractivity contribution in [3.8, 4) is 5.75 Å². The Hall–Kier alpha value is -1.63. The minimum atomic E-state index is -0.585. The molecule has 1 heterocycles. The summed E-state index contributed by atoms with van der Waals surface area (Å²) in [5.41, 5.74) is 0.840. The van der Waals surface area contributed by atoms with Gasteiger partial charge >= 0.3 is 0 Å². The predicted octanol–water partition coefficient (Wildman–Crippen LogP) is 3.39. The van der Waals surface area contributed by atoms with Crippen molar-refractivity contribution in [1.82, 2.24) is 9.80 Å². The molecule has 0 radical (unpaired) electrons. The van der Waals surface area contributed by atoms with E-state index in [-0.39, 0.29) is 12.5 Å². The molecule has 2 unspecified atom stereocenters. The molecule has 0 aliphatic carbocycles. The number of benzene rings is 1. The normalized spacial score (nSPS) is 17.4. The summed E-state index contributed by atoms with van der Waals surface area (Å²) in [6.45, 7) is 8.36. The second-order valence-corrected chi connectivity index (χ2v) is 8.56. The highest BCUT2D eigenvalue weighted by Crippen LogP contribution is 2.34. The zero-order valence-corrected chi connectivity index (χ0v) is 19.3. The Bertz CT molecular complexity index is 640. The number of carbonyl (C=O) groups excluding carboxylic acids is 1. The van der Waals surface area contributed by atoms with Gasteiger partial charge in [-0.25, -0.2) is 0 Å². The largest absolute Gasteiger partial charge is 0.478 e. The quantitative estimate of drug-likeness (QED) is 0.469. The van der Waals surface area contributed by atoms with Gasteiger partial charge in [0.2, 0.25) is 0 Å². The van der Waals surface area contributed by atoms with E-state index in [4.69, 9.17) is 4.74 Å². The second kappa shape index (κ2) is 12.9. The number of likely N-dealkylation sites (N-methyl/N-ethyl adjacent to an activating group) is 2. The minimum Gasteiger partial charge on any atom is -0.478 e. The molecular formula is C24H41N3O3. The summed E-state index contributed by atoms with van der Waals surface area (Å²) < 4.78 is 5.79. The highest BCUT2D eigenvalue weighted by atomic mass is 16.5. The Morgan fingerprint density at radius 1 is 1.13 bits per heavy atom. The predicted molar refractivity (Wildman–Crippen MR) is 123 cm³/mol. The number of ether oxygens (including phenoxy) is 1. The van der Waals surface area contributed by atoms with Gasteiger partial charge in [-0.1, -0.05) is 31.9 Å². The van der Waals surface area contributed by atoms with Crippen molar-refractivity contribution in [3.05, 3.63) is 24.3 Å². The fraction of sp³-hybridized carbons (Fsp3) is 0.708. The van der Waals surface area contributed by atoms with Gasteiger partial charge in [-0.2, -0.15) is 0 Å². The number of aliphatic hydroxyl groups excluding tert-OH is 1. The average molecular weight is 420 g/mol. The highest BCUT2D eigenvalue weighted by Gasteiger charge is 2.33. The zero-order chi connectivity index (χ0) is 21.9. The molecule has 6 heteroatoms. The smallest absolute Gasteiger partial charge is 0.268 e. The van der Waals surface area contributed by atoms with E-state index >= 15 is 0 Å². The molecule has 0 fully saturated rings. The summed E-state index contributed by atoms with van der Waals surface area (Å²) in [5, 5.41) is 9.25. The van der Waals surface area contributed by atoms with Crippen LogP contribution in [0, 0.1) is 0 Å². The first kappa shape index (κ1) is 24.6. The number of hydrogen-bond acceptors (Lipinski definition) is 5. The number of para-hydroxylation sites is 2. The van der Waals surface area contributed by atoms with E-state index in [1.807, 2.05) is 29.2 Å². The average Bonchev–Trinajstić information content (AvgIpc) is 2.75. The Kier molecular flexibility index (Phi) is 10.6. The van der Waals surface area contributed by atoms with Gasteiger partial charge < -0.3 is 24.5 Å². The summed E-state index contributed by atoms with van der Waals surface area (Å²) in [6.07, 6.45) is 5.55. The maximum atomic E-state index is 12.8. The number of unbranched alkanes of at least 4 members (excludes halogenated alkanes) is 2. The van der Waals surface area contributed by atoms with Gasteiger partial charge in [0, 0.05) is 38.7 Å². The van der Waals surface area contributed by atoms with Crippen molar-refractivity contribution in [2.45, 2.75) is 64.5 Å². The molecule has 1 aliphatic heterocycles. The second-order valence-electron chi connectivity index (χ2n) is 8.56.